The zero-order valence-corrected chi connectivity index (χ0v) is 13.3. The van der Waals surface area contributed by atoms with Crippen LogP contribution in [0, 0.1) is 0 Å². The Hall–Kier alpha value is -2.74. The average molecular weight is 373 g/mol. The predicted molar refractivity (Wildman–Crippen MR) is 86.2 cm³/mol. The molecule has 0 radical (unpaired) electrons. The molecule has 1 amide bonds. The van der Waals surface area contributed by atoms with Gasteiger partial charge >= 0.3 is 12.1 Å². The van der Waals surface area contributed by atoms with Gasteiger partial charge in [0.25, 0.3) is 5.91 Å². The minimum absolute atomic E-state index is 0.0145. The predicted octanol–water partition coefficient (Wildman–Crippen LogP) is 3.74. The van der Waals surface area contributed by atoms with Crippen LogP contribution in [-0.4, -0.2) is 18.5 Å². The van der Waals surface area contributed by atoms with Gasteiger partial charge in [-0.25, -0.2) is 4.79 Å². The molecular formula is C16H12ClF3N2O3. The van der Waals surface area contributed by atoms with Crippen LogP contribution in [0.25, 0.3) is 0 Å². The van der Waals surface area contributed by atoms with E-state index >= 15 is 0 Å². The first kappa shape index (κ1) is 18.6. The van der Waals surface area contributed by atoms with Gasteiger partial charge in [-0.1, -0.05) is 17.7 Å². The number of hydrogen-bond donors (Lipinski definition) is 2. The molecule has 0 atom stereocenters. The molecule has 3 N–H and O–H groups in total. The molecule has 0 saturated heterocycles. The number of nitrogens with two attached hydrogens (primary N) is 1. The van der Waals surface area contributed by atoms with Crippen molar-refractivity contribution in [3.05, 3.63) is 58.6 Å². The molecule has 9 heteroatoms. The summed E-state index contributed by atoms with van der Waals surface area (Å²) >= 11 is 5.75. The van der Waals surface area contributed by atoms with E-state index in [1.165, 1.54) is 24.3 Å². The lowest BCUT2D eigenvalue weighted by Crippen LogP contribution is -2.21. The largest absolute Gasteiger partial charge is 0.452 e. The van der Waals surface area contributed by atoms with Gasteiger partial charge in [-0.2, -0.15) is 13.2 Å². The van der Waals surface area contributed by atoms with Gasteiger partial charge in [-0.05, 0) is 36.4 Å². The highest BCUT2D eigenvalue weighted by atomic mass is 35.5. The number of benzene rings is 2. The second-order valence-corrected chi connectivity index (χ2v) is 5.37. The maximum Gasteiger partial charge on any atom is 0.416 e. The Morgan fingerprint density at radius 3 is 2.56 bits per heavy atom. The number of nitrogens with one attached hydrogen (secondary N) is 1. The smallest absolute Gasteiger partial charge is 0.416 e. The third-order valence-electron chi connectivity index (χ3n) is 3.04. The Morgan fingerprint density at radius 2 is 1.88 bits per heavy atom. The molecule has 0 unspecified atom stereocenters. The van der Waals surface area contributed by atoms with Crippen LogP contribution in [0.3, 0.4) is 0 Å². The number of anilines is 2. The molecule has 0 aliphatic heterocycles. The second-order valence-electron chi connectivity index (χ2n) is 4.93. The first-order valence-corrected chi connectivity index (χ1v) is 7.24. The number of amides is 1. The molecular weight excluding hydrogens is 361 g/mol. The van der Waals surface area contributed by atoms with Crippen LogP contribution in [0.5, 0.6) is 0 Å². The van der Waals surface area contributed by atoms with E-state index in [0.29, 0.717) is 0 Å². The van der Waals surface area contributed by atoms with Crippen molar-refractivity contribution in [3.8, 4) is 0 Å². The van der Waals surface area contributed by atoms with Crippen molar-refractivity contribution in [2.24, 2.45) is 0 Å². The topological polar surface area (TPSA) is 81.4 Å². The number of alkyl halides is 3. The number of carbonyl (C=O) groups is 2. The van der Waals surface area contributed by atoms with Crippen LogP contribution in [0.1, 0.15) is 15.9 Å². The number of halogens is 4. The molecule has 2 aromatic carbocycles. The zero-order valence-electron chi connectivity index (χ0n) is 12.6. The molecule has 2 aromatic rings. The van der Waals surface area contributed by atoms with Gasteiger partial charge in [0.2, 0.25) is 0 Å². The summed E-state index contributed by atoms with van der Waals surface area (Å²) in [7, 11) is 0. The first-order valence-electron chi connectivity index (χ1n) is 6.86. The van der Waals surface area contributed by atoms with Crippen molar-refractivity contribution in [2.45, 2.75) is 6.18 Å². The monoisotopic (exact) mass is 372 g/mol. The Balaban J connectivity index is 1.97. The highest BCUT2D eigenvalue weighted by Crippen LogP contribution is 2.30. The molecule has 0 spiro atoms. The van der Waals surface area contributed by atoms with Crippen LogP contribution in [0.15, 0.2) is 42.5 Å². The van der Waals surface area contributed by atoms with Crippen molar-refractivity contribution in [1.29, 1.82) is 0 Å². The fraction of sp³-hybridized carbons (Fsp3) is 0.125. The lowest BCUT2D eigenvalue weighted by atomic mass is 10.2. The van der Waals surface area contributed by atoms with Crippen molar-refractivity contribution in [1.82, 2.24) is 0 Å². The summed E-state index contributed by atoms with van der Waals surface area (Å²) in [6.45, 7) is -0.693. The van der Waals surface area contributed by atoms with Gasteiger partial charge in [0.15, 0.2) is 6.61 Å². The summed E-state index contributed by atoms with van der Waals surface area (Å²) in [6.07, 6.45) is -4.53. The molecule has 0 aromatic heterocycles. The van der Waals surface area contributed by atoms with E-state index in [0.717, 1.165) is 18.2 Å². The second kappa shape index (κ2) is 7.43. The van der Waals surface area contributed by atoms with Crippen LogP contribution >= 0.6 is 11.6 Å². The van der Waals surface area contributed by atoms with E-state index < -0.39 is 30.2 Å². The Labute approximate surface area is 145 Å². The van der Waals surface area contributed by atoms with E-state index in [9.17, 15) is 22.8 Å². The van der Waals surface area contributed by atoms with Crippen molar-refractivity contribution in [2.75, 3.05) is 17.7 Å². The number of hydrogen-bond acceptors (Lipinski definition) is 4. The summed E-state index contributed by atoms with van der Waals surface area (Å²) in [6, 6.07) is 8.24. The van der Waals surface area contributed by atoms with Gasteiger partial charge < -0.3 is 15.8 Å². The van der Waals surface area contributed by atoms with E-state index in [4.69, 9.17) is 22.1 Å². The fourth-order valence-electron chi connectivity index (χ4n) is 1.88. The summed E-state index contributed by atoms with van der Waals surface area (Å²) in [4.78, 5) is 23.6. The summed E-state index contributed by atoms with van der Waals surface area (Å²) in [5.41, 5.74) is 4.74. The van der Waals surface area contributed by atoms with Crippen LogP contribution < -0.4 is 11.1 Å². The fourth-order valence-corrected chi connectivity index (χ4v) is 2.06. The molecule has 5 nitrogen and oxygen atoms in total. The van der Waals surface area contributed by atoms with E-state index in [2.05, 4.69) is 5.32 Å². The molecule has 0 fully saturated rings. The first-order chi connectivity index (χ1) is 11.7. The van der Waals surface area contributed by atoms with Crippen LogP contribution in [0.4, 0.5) is 24.5 Å². The normalized spacial score (nSPS) is 11.0. The minimum atomic E-state index is -4.53. The molecule has 25 heavy (non-hydrogen) atoms. The third-order valence-corrected chi connectivity index (χ3v) is 3.28. The number of esters is 1. The lowest BCUT2D eigenvalue weighted by molar-refractivity contribution is -0.137. The molecule has 132 valence electrons. The number of nitrogen functional groups attached to an aromatic ring is 1. The molecule has 0 bridgehead atoms. The molecule has 2 rings (SSSR count). The number of ether oxygens (including phenoxy) is 1. The Bertz CT molecular complexity index is 809. The SMILES string of the molecule is Nc1ccc(Cl)cc1C(=O)OCC(=O)Nc1cccc(C(F)(F)F)c1. The van der Waals surface area contributed by atoms with E-state index in [-0.39, 0.29) is 22.0 Å². The lowest BCUT2D eigenvalue weighted by Gasteiger charge is -2.10. The Kier molecular flexibility index (Phi) is 5.53. The summed E-state index contributed by atoms with van der Waals surface area (Å²) in [5.74, 6) is -1.67. The zero-order chi connectivity index (χ0) is 18.6. The van der Waals surface area contributed by atoms with Gasteiger partial charge in [0, 0.05) is 16.4 Å². The van der Waals surface area contributed by atoms with Gasteiger partial charge in [-0.3, -0.25) is 4.79 Å². The van der Waals surface area contributed by atoms with Gasteiger partial charge in [0.1, 0.15) is 0 Å². The maximum atomic E-state index is 12.6. The van der Waals surface area contributed by atoms with Crippen molar-refractivity contribution in [3.63, 3.8) is 0 Å². The molecule has 0 saturated carbocycles. The minimum Gasteiger partial charge on any atom is -0.452 e. The maximum absolute atomic E-state index is 12.6. The van der Waals surface area contributed by atoms with Gasteiger partial charge in [0.05, 0.1) is 11.1 Å². The van der Waals surface area contributed by atoms with E-state index in [1.807, 2.05) is 0 Å². The summed E-state index contributed by atoms with van der Waals surface area (Å²) < 4.78 is 42.6. The average Bonchev–Trinajstić information content (AvgIpc) is 2.54. The van der Waals surface area contributed by atoms with Crippen LogP contribution in [0.2, 0.25) is 5.02 Å². The molecule has 0 aliphatic rings. The highest BCUT2D eigenvalue weighted by molar-refractivity contribution is 6.31. The van der Waals surface area contributed by atoms with Crippen molar-refractivity contribution >= 4 is 34.9 Å². The summed E-state index contributed by atoms with van der Waals surface area (Å²) in [5, 5.41) is 2.47. The molecule has 0 heterocycles. The molecule has 0 aliphatic carbocycles. The van der Waals surface area contributed by atoms with Crippen LogP contribution in [-0.2, 0) is 15.7 Å². The Morgan fingerprint density at radius 1 is 1.16 bits per heavy atom. The highest BCUT2D eigenvalue weighted by Gasteiger charge is 2.30. The quantitative estimate of drug-likeness (QED) is 0.633. The number of rotatable bonds is 4. The van der Waals surface area contributed by atoms with Crippen molar-refractivity contribution < 1.29 is 27.5 Å². The van der Waals surface area contributed by atoms with Gasteiger partial charge in [-0.15, -0.1) is 0 Å². The third kappa shape index (κ3) is 5.12. The van der Waals surface area contributed by atoms with E-state index in [1.54, 1.807) is 0 Å². The standard InChI is InChI=1S/C16H12ClF3N2O3/c17-10-4-5-13(21)12(7-10)15(24)25-8-14(23)22-11-3-1-2-9(6-11)16(18,19)20/h1-7H,8,21H2,(H,22,23). The number of carbonyl (C=O) groups excluding carboxylic acids is 2.